The molecule has 0 fully saturated rings. The van der Waals surface area contributed by atoms with E-state index in [1.807, 2.05) is 30.3 Å². The molecule has 5 heteroatoms. The van der Waals surface area contributed by atoms with Crippen molar-refractivity contribution in [3.63, 3.8) is 0 Å². The average Bonchev–Trinajstić information content (AvgIpc) is 2.91. The van der Waals surface area contributed by atoms with Gasteiger partial charge in [-0.05, 0) is 48.6 Å². The summed E-state index contributed by atoms with van der Waals surface area (Å²) in [6, 6.07) is 9.88. The maximum Gasteiger partial charge on any atom is 0.225 e. The van der Waals surface area contributed by atoms with Crippen LogP contribution in [0.15, 0.2) is 34.8 Å². The Hall–Kier alpha value is -1.88. The van der Waals surface area contributed by atoms with Crippen LogP contribution in [0.3, 0.4) is 0 Å². The van der Waals surface area contributed by atoms with Gasteiger partial charge in [-0.2, -0.15) is 0 Å². The molecule has 3 rings (SSSR count). The molecule has 0 saturated carbocycles. The zero-order valence-corrected chi connectivity index (χ0v) is 13.1. The molecule has 0 atom stereocenters. The van der Waals surface area contributed by atoms with Crippen LogP contribution in [0, 0.1) is 5.41 Å². The van der Waals surface area contributed by atoms with Gasteiger partial charge in [0.2, 0.25) is 5.88 Å². The lowest BCUT2D eigenvalue weighted by molar-refractivity contribution is 0.292. The van der Waals surface area contributed by atoms with Crippen molar-refractivity contribution in [2.75, 3.05) is 0 Å². The molecule has 1 aliphatic carbocycles. The second kappa shape index (κ2) is 5.85. The van der Waals surface area contributed by atoms with Crippen molar-refractivity contribution in [1.82, 2.24) is 4.98 Å². The van der Waals surface area contributed by atoms with Gasteiger partial charge >= 0.3 is 0 Å². The van der Waals surface area contributed by atoms with Crippen LogP contribution in [0.25, 0.3) is 0 Å². The summed E-state index contributed by atoms with van der Waals surface area (Å²) < 4.78 is 6.82. The number of benzene rings is 1. The summed E-state index contributed by atoms with van der Waals surface area (Å²) in [5.74, 6) is 0.463. The molecule has 3 N–H and O–H groups in total. The number of nitrogens with two attached hydrogens (primary N) is 1. The minimum atomic E-state index is 0.00134. The van der Waals surface area contributed by atoms with E-state index in [2.05, 4.69) is 20.9 Å². The van der Waals surface area contributed by atoms with E-state index in [0.717, 1.165) is 35.0 Å². The average molecular weight is 346 g/mol. The van der Waals surface area contributed by atoms with Crippen molar-refractivity contribution in [3.05, 3.63) is 57.2 Å². The van der Waals surface area contributed by atoms with Crippen LogP contribution in [0.5, 0.6) is 5.88 Å². The van der Waals surface area contributed by atoms with Gasteiger partial charge in [-0.3, -0.25) is 5.41 Å². The fraction of sp³-hybridized carbons (Fsp3) is 0.250. The standard InChI is InChI=1S/C16H16BrN3O/c17-12-5-1-3-10(7-12)9-21-16-13(15(18)19)8-11-4-2-6-14(11)20-16/h1,3,5,7-8H,2,4,6,9H2,(H3,18,19). The molecule has 4 nitrogen and oxygen atoms in total. The monoisotopic (exact) mass is 345 g/mol. The molecule has 0 bridgehead atoms. The van der Waals surface area contributed by atoms with E-state index in [-0.39, 0.29) is 5.84 Å². The van der Waals surface area contributed by atoms with Crippen LogP contribution in [-0.4, -0.2) is 10.8 Å². The Balaban J connectivity index is 1.86. The number of aryl methyl sites for hydroxylation is 2. The summed E-state index contributed by atoms with van der Waals surface area (Å²) in [6.45, 7) is 0.408. The second-order valence-corrected chi connectivity index (χ2v) is 6.05. The normalized spacial score (nSPS) is 13.0. The number of hydrogen-bond donors (Lipinski definition) is 2. The van der Waals surface area contributed by atoms with E-state index in [4.69, 9.17) is 15.9 Å². The summed E-state index contributed by atoms with van der Waals surface area (Å²) >= 11 is 3.44. The van der Waals surface area contributed by atoms with Crippen LogP contribution in [0.1, 0.15) is 28.8 Å². The predicted octanol–water partition coefficient (Wildman–Crippen LogP) is 3.20. The van der Waals surface area contributed by atoms with Crippen molar-refractivity contribution < 1.29 is 4.74 Å². The molecule has 2 aromatic rings. The van der Waals surface area contributed by atoms with Crippen LogP contribution < -0.4 is 10.5 Å². The second-order valence-electron chi connectivity index (χ2n) is 5.13. The number of pyridine rings is 1. The van der Waals surface area contributed by atoms with Gasteiger partial charge in [-0.15, -0.1) is 0 Å². The number of fused-ring (bicyclic) bond motifs is 1. The minimum Gasteiger partial charge on any atom is -0.472 e. The SMILES string of the molecule is N=C(N)c1cc2c(nc1OCc1cccc(Br)c1)CCC2. The number of nitrogen functional groups attached to an aromatic ring is 1. The Morgan fingerprint density at radius 3 is 2.95 bits per heavy atom. The Bertz CT molecular complexity index is 700. The van der Waals surface area contributed by atoms with Crippen molar-refractivity contribution in [2.45, 2.75) is 25.9 Å². The lowest BCUT2D eigenvalue weighted by Crippen LogP contribution is -2.15. The predicted molar refractivity (Wildman–Crippen MR) is 85.8 cm³/mol. The van der Waals surface area contributed by atoms with Gasteiger partial charge in [0.05, 0.1) is 5.56 Å². The van der Waals surface area contributed by atoms with Gasteiger partial charge in [-0.1, -0.05) is 28.1 Å². The third-order valence-corrected chi connectivity index (χ3v) is 4.06. The first-order chi connectivity index (χ1) is 10.1. The van der Waals surface area contributed by atoms with Crippen molar-refractivity contribution in [1.29, 1.82) is 5.41 Å². The molecular weight excluding hydrogens is 330 g/mol. The molecule has 1 aromatic carbocycles. The lowest BCUT2D eigenvalue weighted by Gasteiger charge is -2.12. The Morgan fingerprint density at radius 1 is 1.33 bits per heavy atom. The summed E-state index contributed by atoms with van der Waals surface area (Å²) in [4.78, 5) is 4.56. The van der Waals surface area contributed by atoms with E-state index in [0.29, 0.717) is 18.1 Å². The number of halogens is 1. The zero-order valence-electron chi connectivity index (χ0n) is 11.5. The number of rotatable bonds is 4. The van der Waals surface area contributed by atoms with Gasteiger partial charge in [0, 0.05) is 10.2 Å². The molecule has 1 aromatic heterocycles. The van der Waals surface area contributed by atoms with E-state index in [1.54, 1.807) is 0 Å². The van der Waals surface area contributed by atoms with Gasteiger partial charge < -0.3 is 10.5 Å². The molecule has 0 radical (unpaired) electrons. The molecule has 0 aliphatic heterocycles. The van der Waals surface area contributed by atoms with Gasteiger partial charge in [0.25, 0.3) is 0 Å². The molecule has 1 heterocycles. The molecule has 1 aliphatic rings. The zero-order chi connectivity index (χ0) is 14.8. The lowest BCUT2D eigenvalue weighted by atomic mass is 10.1. The van der Waals surface area contributed by atoms with E-state index in [9.17, 15) is 0 Å². The topological polar surface area (TPSA) is 72.0 Å². The van der Waals surface area contributed by atoms with Crippen LogP contribution >= 0.6 is 15.9 Å². The van der Waals surface area contributed by atoms with Gasteiger partial charge in [0.15, 0.2) is 0 Å². The summed E-state index contributed by atoms with van der Waals surface area (Å²) in [5, 5.41) is 7.71. The summed E-state index contributed by atoms with van der Waals surface area (Å²) in [5.41, 5.74) is 9.55. The molecule has 21 heavy (non-hydrogen) atoms. The third kappa shape index (κ3) is 3.08. The first-order valence-corrected chi connectivity index (χ1v) is 7.67. The highest BCUT2D eigenvalue weighted by Gasteiger charge is 2.18. The maximum atomic E-state index is 7.71. The van der Waals surface area contributed by atoms with Crippen molar-refractivity contribution in [2.24, 2.45) is 5.73 Å². The Kier molecular flexibility index (Phi) is 3.92. The largest absolute Gasteiger partial charge is 0.472 e. The smallest absolute Gasteiger partial charge is 0.225 e. The number of hydrogen-bond acceptors (Lipinski definition) is 3. The van der Waals surface area contributed by atoms with E-state index < -0.39 is 0 Å². The number of ether oxygens (including phenoxy) is 1. The Labute approximate surface area is 132 Å². The minimum absolute atomic E-state index is 0.00134. The molecule has 0 amide bonds. The highest BCUT2D eigenvalue weighted by molar-refractivity contribution is 9.10. The molecule has 0 saturated heterocycles. The highest BCUT2D eigenvalue weighted by Crippen LogP contribution is 2.27. The number of amidine groups is 1. The van der Waals surface area contributed by atoms with Crippen molar-refractivity contribution >= 4 is 21.8 Å². The van der Waals surface area contributed by atoms with Crippen LogP contribution in [0.2, 0.25) is 0 Å². The Morgan fingerprint density at radius 2 is 2.19 bits per heavy atom. The maximum absolute atomic E-state index is 7.71. The fourth-order valence-corrected chi connectivity index (χ4v) is 2.98. The van der Waals surface area contributed by atoms with Crippen LogP contribution in [-0.2, 0) is 19.4 Å². The van der Waals surface area contributed by atoms with E-state index >= 15 is 0 Å². The molecule has 108 valence electrons. The number of aromatic nitrogens is 1. The van der Waals surface area contributed by atoms with Gasteiger partial charge in [0.1, 0.15) is 12.4 Å². The van der Waals surface area contributed by atoms with E-state index in [1.165, 1.54) is 5.56 Å². The van der Waals surface area contributed by atoms with Crippen molar-refractivity contribution in [3.8, 4) is 5.88 Å². The number of nitrogens with zero attached hydrogens (tertiary/aromatic N) is 1. The number of nitrogens with one attached hydrogen (secondary N) is 1. The molecule has 0 spiro atoms. The highest BCUT2D eigenvalue weighted by atomic mass is 79.9. The summed E-state index contributed by atoms with van der Waals surface area (Å²) in [6.07, 6.45) is 3.09. The van der Waals surface area contributed by atoms with Gasteiger partial charge in [-0.25, -0.2) is 4.98 Å². The van der Waals surface area contributed by atoms with Crippen LogP contribution in [0.4, 0.5) is 0 Å². The quantitative estimate of drug-likeness (QED) is 0.660. The molecule has 0 unspecified atom stereocenters. The molecular formula is C16H16BrN3O. The first-order valence-electron chi connectivity index (χ1n) is 6.88. The fourth-order valence-electron chi connectivity index (χ4n) is 2.53. The summed E-state index contributed by atoms with van der Waals surface area (Å²) in [7, 11) is 0. The third-order valence-electron chi connectivity index (χ3n) is 3.57. The first kappa shape index (κ1) is 14.1.